The summed E-state index contributed by atoms with van der Waals surface area (Å²) < 4.78 is 12.9. The molecule has 1 amide bonds. The van der Waals surface area contributed by atoms with Crippen LogP contribution in [0.4, 0.5) is 4.39 Å². The largest absolute Gasteiger partial charge is 0.347 e. The first kappa shape index (κ1) is 14.2. The third-order valence-electron chi connectivity index (χ3n) is 3.05. The number of nitrogens with one attached hydrogen (secondary N) is 1. The Hall–Kier alpha value is -2.23. The second-order valence-electron chi connectivity index (χ2n) is 4.92. The van der Waals surface area contributed by atoms with Gasteiger partial charge in [-0.1, -0.05) is 44.2 Å². The van der Waals surface area contributed by atoms with E-state index in [-0.39, 0.29) is 11.6 Å². The number of hydrogen-bond donors (Lipinski definition) is 1. The summed E-state index contributed by atoms with van der Waals surface area (Å²) >= 11 is 0. The first-order valence-electron chi connectivity index (χ1n) is 6.56. The molecule has 0 saturated heterocycles. The van der Waals surface area contributed by atoms with Gasteiger partial charge < -0.3 is 5.32 Å². The van der Waals surface area contributed by atoms with Crippen molar-refractivity contribution in [2.24, 2.45) is 0 Å². The zero-order valence-corrected chi connectivity index (χ0v) is 11.6. The number of hydrogen-bond acceptors (Lipinski definition) is 2. The molecule has 0 unspecified atom stereocenters. The van der Waals surface area contributed by atoms with Gasteiger partial charge >= 0.3 is 0 Å². The van der Waals surface area contributed by atoms with Crippen molar-refractivity contribution < 1.29 is 9.18 Å². The van der Waals surface area contributed by atoms with E-state index in [2.05, 4.69) is 24.1 Å². The van der Waals surface area contributed by atoms with Gasteiger partial charge in [-0.2, -0.15) is 4.39 Å². The SMILES string of the molecule is CC(C)c1ccc(CNC(=O)c2cccc(F)n2)cc1. The van der Waals surface area contributed by atoms with E-state index in [1.807, 2.05) is 24.3 Å². The summed E-state index contributed by atoms with van der Waals surface area (Å²) in [5.74, 6) is -0.550. The fourth-order valence-electron chi connectivity index (χ4n) is 1.83. The molecule has 4 heteroatoms. The predicted octanol–water partition coefficient (Wildman–Crippen LogP) is 3.27. The van der Waals surface area contributed by atoms with Crippen molar-refractivity contribution in [3.63, 3.8) is 0 Å². The average molecular weight is 272 g/mol. The number of rotatable bonds is 4. The molecule has 0 fully saturated rings. The van der Waals surface area contributed by atoms with Crippen LogP contribution in [-0.4, -0.2) is 10.9 Å². The standard InChI is InChI=1S/C16H17FN2O/c1-11(2)13-8-6-12(7-9-13)10-18-16(20)14-4-3-5-15(17)19-14/h3-9,11H,10H2,1-2H3,(H,18,20). The van der Waals surface area contributed by atoms with Crippen LogP contribution in [0.25, 0.3) is 0 Å². The van der Waals surface area contributed by atoms with Crippen molar-refractivity contribution in [2.45, 2.75) is 26.3 Å². The molecule has 0 aliphatic carbocycles. The molecule has 0 radical (unpaired) electrons. The number of carbonyl (C=O) groups excluding carboxylic acids is 1. The molecule has 0 aliphatic heterocycles. The lowest BCUT2D eigenvalue weighted by Crippen LogP contribution is -2.24. The first-order valence-corrected chi connectivity index (χ1v) is 6.56. The van der Waals surface area contributed by atoms with Gasteiger partial charge in [0.05, 0.1) is 0 Å². The monoisotopic (exact) mass is 272 g/mol. The quantitative estimate of drug-likeness (QED) is 0.868. The van der Waals surface area contributed by atoms with Crippen molar-refractivity contribution >= 4 is 5.91 Å². The zero-order valence-electron chi connectivity index (χ0n) is 11.6. The van der Waals surface area contributed by atoms with Crippen LogP contribution in [0.3, 0.4) is 0 Å². The molecule has 1 aromatic carbocycles. The molecule has 0 bridgehead atoms. The smallest absolute Gasteiger partial charge is 0.270 e. The highest BCUT2D eigenvalue weighted by atomic mass is 19.1. The van der Waals surface area contributed by atoms with Crippen molar-refractivity contribution in [1.82, 2.24) is 10.3 Å². The van der Waals surface area contributed by atoms with Crippen LogP contribution in [0.5, 0.6) is 0 Å². The van der Waals surface area contributed by atoms with Gasteiger partial charge in [0, 0.05) is 6.54 Å². The molecule has 0 saturated carbocycles. The van der Waals surface area contributed by atoms with E-state index in [4.69, 9.17) is 0 Å². The van der Waals surface area contributed by atoms with Gasteiger partial charge in [-0.3, -0.25) is 4.79 Å². The highest BCUT2D eigenvalue weighted by Gasteiger charge is 2.07. The molecule has 0 spiro atoms. The number of amides is 1. The highest BCUT2D eigenvalue weighted by Crippen LogP contribution is 2.14. The second-order valence-corrected chi connectivity index (χ2v) is 4.92. The molecule has 2 rings (SSSR count). The summed E-state index contributed by atoms with van der Waals surface area (Å²) in [7, 11) is 0. The van der Waals surface area contributed by atoms with Crippen molar-refractivity contribution in [2.75, 3.05) is 0 Å². The Morgan fingerprint density at radius 1 is 1.20 bits per heavy atom. The number of nitrogens with zero attached hydrogens (tertiary/aromatic N) is 1. The minimum atomic E-state index is -0.654. The lowest BCUT2D eigenvalue weighted by Gasteiger charge is -2.08. The Kier molecular flexibility index (Phi) is 4.45. The Balaban J connectivity index is 1.96. The summed E-state index contributed by atoms with van der Waals surface area (Å²) in [4.78, 5) is 15.3. The van der Waals surface area contributed by atoms with Crippen LogP contribution in [0.1, 0.15) is 41.4 Å². The normalized spacial score (nSPS) is 10.6. The Morgan fingerprint density at radius 3 is 2.50 bits per heavy atom. The van der Waals surface area contributed by atoms with Gasteiger partial charge in [-0.25, -0.2) is 4.98 Å². The van der Waals surface area contributed by atoms with Gasteiger partial charge in [0.1, 0.15) is 5.69 Å². The maximum atomic E-state index is 12.9. The Labute approximate surface area is 117 Å². The van der Waals surface area contributed by atoms with E-state index in [0.717, 1.165) is 5.56 Å². The molecular formula is C16H17FN2O. The number of pyridine rings is 1. The summed E-state index contributed by atoms with van der Waals surface area (Å²) in [6.45, 7) is 4.66. The lowest BCUT2D eigenvalue weighted by atomic mass is 10.0. The van der Waals surface area contributed by atoms with E-state index in [1.165, 1.54) is 23.8 Å². The van der Waals surface area contributed by atoms with E-state index in [9.17, 15) is 9.18 Å². The van der Waals surface area contributed by atoms with E-state index >= 15 is 0 Å². The summed E-state index contributed by atoms with van der Waals surface area (Å²) in [5, 5.41) is 2.72. The average Bonchev–Trinajstić information content (AvgIpc) is 2.45. The summed E-state index contributed by atoms with van der Waals surface area (Å²) in [6.07, 6.45) is 0. The number of carbonyl (C=O) groups is 1. The highest BCUT2D eigenvalue weighted by molar-refractivity contribution is 5.92. The third-order valence-corrected chi connectivity index (χ3v) is 3.05. The third kappa shape index (κ3) is 3.63. The van der Waals surface area contributed by atoms with E-state index in [1.54, 1.807) is 0 Å². The first-order chi connectivity index (χ1) is 9.56. The molecule has 3 nitrogen and oxygen atoms in total. The van der Waals surface area contributed by atoms with Gasteiger partial charge in [0.15, 0.2) is 0 Å². The van der Waals surface area contributed by atoms with Crippen LogP contribution in [0, 0.1) is 5.95 Å². The van der Waals surface area contributed by atoms with Crippen molar-refractivity contribution in [3.8, 4) is 0 Å². The topological polar surface area (TPSA) is 42.0 Å². The second kappa shape index (κ2) is 6.28. The predicted molar refractivity (Wildman–Crippen MR) is 75.9 cm³/mol. The maximum Gasteiger partial charge on any atom is 0.270 e. The fraction of sp³-hybridized carbons (Fsp3) is 0.250. The number of benzene rings is 1. The molecule has 20 heavy (non-hydrogen) atoms. The molecule has 0 atom stereocenters. The summed E-state index contributed by atoms with van der Waals surface area (Å²) in [5.41, 5.74) is 2.34. The summed E-state index contributed by atoms with van der Waals surface area (Å²) in [6, 6.07) is 12.2. The fourth-order valence-corrected chi connectivity index (χ4v) is 1.83. The van der Waals surface area contributed by atoms with Gasteiger partial charge in [-0.15, -0.1) is 0 Å². The van der Waals surface area contributed by atoms with Crippen LogP contribution in [0.2, 0.25) is 0 Å². The molecule has 1 aromatic heterocycles. The molecule has 104 valence electrons. The molecular weight excluding hydrogens is 255 g/mol. The lowest BCUT2D eigenvalue weighted by molar-refractivity contribution is 0.0944. The van der Waals surface area contributed by atoms with Gasteiger partial charge in [0.25, 0.3) is 5.91 Å². The minimum absolute atomic E-state index is 0.0869. The molecule has 1 N–H and O–H groups in total. The van der Waals surface area contributed by atoms with E-state index in [0.29, 0.717) is 12.5 Å². The van der Waals surface area contributed by atoms with Crippen LogP contribution >= 0.6 is 0 Å². The number of aromatic nitrogens is 1. The Bertz CT molecular complexity index is 594. The van der Waals surface area contributed by atoms with Crippen LogP contribution < -0.4 is 5.32 Å². The van der Waals surface area contributed by atoms with E-state index < -0.39 is 5.95 Å². The Morgan fingerprint density at radius 2 is 1.90 bits per heavy atom. The van der Waals surface area contributed by atoms with Crippen LogP contribution in [-0.2, 0) is 6.54 Å². The van der Waals surface area contributed by atoms with Crippen LogP contribution in [0.15, 0.2) is 42.5 Å². The van der Waals surface area contributed by atoms with Gasteiger partial charge in [-0.05, 0) is 29.2 Å². The van der Waals surface area contributed by atoms with Crippen molar-refractivity contribution in [1.29, 1.82) is 0 Å². The van der Waals surface area contributed by atoms with Crippen molar-refractivity contribution in [3.05, 3.63) is 65.2 Å². The molecule has 2 aromatic rings. The zero-order chi connectivity index (χ0) is 14.5. The molecule has 0 aliphatic rings. The van der Waals surface area contributed by atoms with Gasteiger partial charge in [0.2, 0.25) is 5.95 Å². The molecule has 1 heterocycles. The maximum absolute atomic E-state index is 12.9. The minimum Gasteiger partial charge on any atom is -0.347 e. The number of halogens is 1.